The van der Waals surface area contributed by atoms with Crippen LogP contribution in [0.25, 0.3) is 0 Å². The lowest BCUT2D eigenvalue weighted by atomic mass is 10.2. The summed E-state index contributed by atoms with van der Waals surface area (Å²) in [5.74, 6) is 0.547. The van der Waals surface area contributed by atoms with Gasteiger partial charge in [0.2, 0.25) is 0 Å². The highest BCUT2D eigenvalue weighted by Gasteiger charge is 2.26. The molecule has 2 atom stereocenters. The first-order valence-electron chi connectivity index (χ1n) is 6.13. The lowest BCUT2D eigenvalue weighted by molar-refractivity contribution is -0.385. The molecule has 0 saturated carbocycles. The molecule has 1 aromatic rings. The topological polar surface area (TPSA) is 88.7 Å². The lowest BCUT2D eigenvalue weighted by Gasteiger charge is -2.36. The van der Waals surface area contributed by atoms with Crippen molar-refractivity contribution < 1.29 is 14.8 Å². The molecule has 0 radical (unpaired) electrons. The van der Waals surface area contributed by atoms with Crippen LogP contribution in [0.2, 0.25) is 0 Å². The lowest BCUT2D eigenvalue weighted by Crippen LogP contribution is -2.48. The zero-order valence-electron chi connectivity index (χ0n) is 10.9. The van der Waals surface area contributed by atoms with Crippen LogP contribution in [0.5, 0.6) is 0 Å². The number of aromatic nitrogens is 1. The first-order chi connectivity index (χ1) is 9.01. The first kappa shape index (κ1) is 13.7. The second-order valence-corrected chi connectivity index (χ2v) is 4.74. The molecule has 0 bridgehead atoms. The number of anilines is 1. The fraction of sp³-hybridized carbons (Fsp3) is 0.583. The van der Waals surface area contributed by atoms with Gasteiger partial charge in [-0.15, -0.1) is 0 Å². The van der Waals surface area contributed by atoms with Gasteiger partial charge in [-0.1, -0.05) is 0 Å². The van der Waals surface area contributed by atoms with Crippen LogP contribution in [0.4, 0.5) is 11.5 Å². The summed E-state index contributed by atoms with van der Waals surface area (Å²) in [6.07, 6.45) is 1.17. The molecule has 1 saturated heterocycles. The Balaban J connectivity index is 2.26. The summed E-state index contributed by atoms with van der Waals surface area (Å²) in [6, 6.07) is 1.47. The number of aryl methyl sites for hydroxylation is 1. The van der Waals surface area contributed by atoms with Crippen LogP contribution in [-0.4, -0.2) is 46.9 Å². The second kappa shape index (κ2) is 5.50. The van der Waals surface area contributed by atoms with E-state index in [4.69, 9.17) is 4.74 Å². The van der Waals surface area contributed by atoms with Gasteiger partial charge in [0, 0.05) is 24.8 Å². The molecule has 0 amide bonds. The average molecular weight is 267 g/mol. The average Bonchev–Trinajstić information content (AvgIpc) is 2.38. The van der Waals surface area contributed by atoms with Crippen LogP contribution in [0.1, 0.15) is 12.5 Å². The van der Waals surface area contributed by atoms with Gasteiger partial charge in [-0.3, -0.25) is 10.1 Å². The Bertz CT molecular complexity index is 480. The van der Waals surface area contributed by atoms with Crippen LogP contribution in [0, 0.1) is 17.0 Å². The summed E-state index contributed by atoms with van der Waals surface area (Å²) in [7, 11) is 0. The fourth-order valence-electron chi connectivity index (χ4n) is 2.21. The summed E-state index contributed by atoms with van der Waals surface area (Å²) >= 11 is 0. The van der Waals surface area contributed by atoms with Crippen molar-refractivity contribution in [1.82, 2.24) is 4.98 Å². The van der Waals surface area contributed by atoms with Gasteiger partial charge >= 0.3 is 0 Å². The molecule has 2 rings (SSSR count). The monoisotopic (exact) mass is 267 g/mol. The molecule has 1 N–H and O–H groups in total. The van der Waals surface area contributed by atoms with Gasteiger partial charge in [0.1, 0.15) is 5.82 Å². The van der Waals surface area contributed by atoms with Crippen molar-refractivity contribution in [1.29, 1.82) is 0 Å². The van der Waals surface area contributed by atoms with Crippen molar-refractivity contribution >= 4 is 11.5 Å². The molecule has 104 valence electrons. The minimum atomic E-state index is -0.409. The second-order valence-electron chi connectivity index (χ2n) is 4.74. The molecule has 0 aliphatic carbocycles. The summed E-state index contributed by atoms with van der Waals surface area (Å²) in [4.78, 5) is 16.7. The Kier molecular flexibility index (Phi) is 3.96. The van der Waals surface area contributed by atoms with E-state index in [9.17, 15) is 15.2 Å². The van der Waals surface area contributed by atoms with E-state index in [0.29, 0.717) is 24.5 Å². The minimum absolute atomic E-state index is 0.0481. The number of rotatable bonds is 3. The largest absolute Gasteiger partial charge is 0.394 e. The van der Waals surface area contributed by atoms with Crippen LogP contribution in [-0.2, 0) is 4.74 Å². The number of nitrogens with zero attached hydrogens (tertiary/aromatic N) is 3. The van der Waals surface area contributed by atoms with Crippen LogP contribution in [0.15, 0.2) is 12.3 Å². The molecule has 1 fully saturated rings. The van der Waals surface area contributed by atoms with Gasteiger partial charge in [-0.25, -0.2) is 4.98 Å². The van der Waals surface area contributed by atoms with Gasteiger partial charge in [0.05, 0.1) is 29.8 Å². The molecule has 1 aliphatic rings. The number of pyridine rings is 1. The molecule has 7 heteroatoms. The van der Waals surface area contributed by atoms with E-state index in [0.717, 1.165) is 0 Å². The van der Waals surface area contributed by atoms with E-state index >= 15 is 0 Å². The van der Waals surface area contributed by atoms with E-state index in [1.165, 1.54) is 12.3 Å². The maximum atomic E-state index is 10.9. The quantitative estimate of drug-likeness (QED) is 0.646. The van der Waals surface area contributed by atoms with Gasteiger partial charge in [0.25, 0.3) is 5.69 Å². The fourth-order valence-corrected chi connectivity index (χ4v) is 2.21. The van der Waals surface area contributed by atoms with Gasteiger partial charge < -0.3 is 14.7 Å². The van der Waals surface area contributed by atoms with E-state index in [1.807, 2.05) is 11.8 Å². The normalized spacial score (nSPS) is 23.4. The molecule has 2 heterocycles. The Morgan fingerprint density at radius 1 is 1.63 bits per heavy atom. The summed E-state index contributed by atoms with van der Waals surface area (Å²) in [5, 5.41) is 20.1. The molecule has 2 unspecified atom stereocenters. The first-order valence-corrected chi connectivity index (χ1v) is 6.13. The summed E-state index contributed by atoms with van der Waals surface area (Å²) in [6.45, 7) is 4.57. The molecule has 1 aliphatic heterocycles. The van der Waals surface area contributed by atoms with Crippen LogP contribution in [0.3, 0.4) is 0 Å². The van der Waals surface area contributed by atoms with E-state index in [2.05, 4.69) is 4.98 Å². The maximum absolute atomic E-state index is 10.9. The van der Waals surface area contributed by atoms with Crippen LogP contribution < -0.4 is 4.90 Å². The third-order valence-corrected chi connectivity index (χ3v) is 3.11. The van der Waals surface area contributed by atoms with Crippen molar-refractivity contribution in [2.45, 2.75) is 26.1 Å². The zero-order chi connectivity index (χ0) is 14.0. The van der Waals surface area contributed by atoms with Gasteiger partial charge in [-0.05, 0) is 13.8 Å². The zero-order valence-corrected chi connectivity index (χ0v) is 10.9. The standard InChI is InChI=1S/C12H17N3O4/c1-8-4-13-12(3-11(8)15(17)18)14-5-9(2)19-10(6-14)7-16/h3-4,9-10,16H,5-7H2,1-2H3. The number of hydrogen-bond acceptors (Lipinski definition) is 6. The number of aliphatic hydroxyl groups is 1. The number of ether oxygens (including phenoxy) is 1. The van der Waals surface area contributed by atoms with Crippen LogP contribution >= 0.6 is 0 Å². The Morgan fingerprint density at radius 3 is 3.00 bits per heavy atom. The SMILES string of the molecule is Cc1cnc(N2CC(C)OC(CO)C2)cc1[N+](=O)[O-]. The van der Waals surface area contributed by atoms with Gasteiger partial charge in [-0.2, -0.15) is 0 Å². The predicted octanol–water partition coefficient (Wildman–Crippen LogP) is 0.884. The van der Waals surface area contributed by atoms with E-state index in [1.54, 1.807) is 6.92 Å². The third-order valence-electron chi connectivity index (χ3n) is 3.11. The molecule has 1 aromatic heterocycles. The van der Waals surface area contributed by atoms with Crippen molar-refractivity contribution in [3.8, 4) is 0 Å². The predicted molar refractivity (Wildman–Crippen MR) is 69.3 cm³/mol. The molecule has 7 nitrogen and oxygen atoms in total. The van der Waals surface area contributed by atoms with Crippen molar-refractivity contribution in [3.05, 3.63) is 27.9 Å². The van der Waals surface area contributed by atoms with Gasteiger partial charge in [0.15, 0.2) is 0 Å². The third kappa shape index (κ3) is 2.99. The summed E-state index contributed by atoms with van der Waals surface area (Å²) < 4.78 is 5.54. The summed E-state index contributed by atoms with van der Waals surface area (Å²) in [5.41, 5.74) is 0.596. The number of morpholine rings is 1. The maximum Gasteiger partial charge on any atom is 0.277 e. The number of hydrogen-bond donors (Lipinski definition) is 1. The molecular formula is C12H17N3O4. The molecule has 19 heavy (non-hydrogen) atoms. The highest BCUT2D eigenvalue weighted by molar-refractivity contribution is 5.51. The molecule has 0 spiro atoms. The Labute approximate surface area is 111 Å². The smallest absolute Gasteiger partial charge is 0.277 e. The van der Waals surface area contributed by atoms with E-state index < -0.39 is 4.92 Å². The van der Waals surface area contributed by atoms with Crippen molar-refractivity contribution in [2.24, 2.45) is 0 Å². The highest BCUT2D eigenvalue weighted by Crippen LogP contribution is 2.24. The minimum Gasteiger partial charge on any atom is -0.394 e. The van der Waals surface area contributed by atoms with Crippen molar-refractivity contribution in [3.63, 3.8) is 0 Å². The number of nitro groups is 1. The Hall–Kier alpha value is -1.73. The highest BCUT2D eigenvalue weighted by atomic mass is 16.6. The van der Waals surface area contributed by atoms with E-state index in [-0.39, 0.29) is 24.5 Å². The van der Waals surface area contributed by atoms with Crippen molar-refractivity contribution in [2.75, 3.05) is 24.6 Å². The Morgan fingerprint density at radius 2 is 2.37 bits per heavy atom. The molecular weight excluding hydrogens is 250 g/mol. The number of aliphatic hydroxyl groups excluding tert-OH is 1. The molecule has 0 aromatic carbocycles.